The molecule has 0 aliphatic carbocycles. The van der Waals surface area contributed by atoms with Crippen molar-refractivity contribution in [2.45, 2.75) is 59.1 Å². The van der Waals surface area contributed by atoms with Gasteiger partial charge in [-0.2, -0.15) is 0 Å². The van der Waals surface area contributed by atoms with Crippen LogP contribution in [0.15, 0.2) is 86.9 Å². The Morgan fingerprint density at radius 3 is 2.33 bits per heavy atom. The molecular formula is C34H36N4O5. The Balaban J connectivity index is 1.60. The van der Waals surface area contributed by atoms with Crippen molar-refractivity contribution < 1.29 is 14.4 Å². The van der Waals surface area contributed by atoms with Gasteiger partial charge in [-0.15, -0.1) is 0 Å². The first-order valence-electron chi connectivity index (χ1n) is 14.5. The summed E-state index contributed by atoms with van der Waals surface area (Å²) in [4.78, 5) is 33.7. The van der Waals surface area contributed by atoms with Gasteiger partial charge in [-0.1, -0.05) is 73.6 Å². The number of aliphatic hydroxyl groups is 1. The molecule has 2 N–H and O–H groups in total. The van der Waals surface area contributed by atoms with Gasteiger partial charge in [0.2, 0.25) is 0 Å². The minimum atomic E-state index is -0.722. The maximum Gasteiger partial charge on any atom is 0.439 e. The van der Waals surface area contributed by atoms with E-state index in [0.29, 0.717) is 35.5 Å². The third kappa shape index (κ3) is 6.52. The summed E-state index contributed by atoms with van der Waals surface area (Å²) < 4.78 is 12.5. The summed E-state index contributed by atoms with van der Waals surface area (Å²) in [7, 11) is 0. The number of H-pyrrole nitrogens is 1. The first-order chi connectivity index (χ1) is 20.7. The van der Waals surface area contributed by atoms with E-state index in [9.17, 15) is 14.7 Å². The second-order valence-corrected chi connectivity index (χ2v) is 11.1. The highest BCUT2D eigenvalue weighted by Gasteiger charge is 2.21. The lowest BCUT2D eigenvalue weighted by molar-refractivity contribution is 0.0413. The van der Waals surface area contributed by atoms with Crippen LogP contribution >= 0.6 is 0 Å². The van der Waals surface area contributed by atoms with Crippen LogP contribution in [0.25, 0.3) is 33.6 Å². The molecule has 0 spiro atoms. The number of nitrogens with one attached hydrogen (secondary N) is 1. The fourth-order valence-electron chi connectivity index (χ4n) is 5.10. The van der Waals surface area contributed by atoms with Crippen molar-refractivity contribution in [2.24, 2.45) is 0 Å². The third-order valence-electron chi connectivity index (χ3n) is 7.25. The van der Waals surface area contributed by atoms with Gasteiger partial charge in [0.25, 0.3) is 5.56 Å². The quantitative estimate of drug-likeness (QED) is 0.207. The summed E-state index contributed by atoms with van der Waals surface area (Å²) in [5.41, 5.74) is 4.59. The van der Waals surface area contributed by atoms with Gasteiger partial charge in [0.1, 0.15) is 17.2 Å². The van der Waals surface area contributed by atoms with E-state index in [0.717, 1.165) is 40.2 Å². The predicted molar refractivity (Wildman–Crippen MR) is 166 cm³/mol. The monoisotopic (exact) mass is 580 g/mol. The molecule has 0 unspecified atom stereocenters. The molecule has 43 heavy (non-hydrogen) atoms. The van der Waals surface area contributed by atoms with Crippen molar-refractivity contribution in [1.82, 2.24) is 19.7 Å². The molecule has 2 aromatic heterocycles. The molecule has 0 bridgehead atoms. The summed E-state index contributed by atoms with van der Waals surface area (Å²) >= 11 is 0. The van der Waals surface area contributed by atoms with Crippen molar-refractivity contribution in [3.63, 3.8) is 0 Å². The Kier molecular flexibility index (Phi) is 8.73. The summed E-state index contributed by atoms with van der Waals surface area (Å²) in [5, 5.41) is 13.5. The number of hydrogen-bond acceptors (Lipinski definition) is 7. The Morgan fingerprint density at radius 2 is 1.70 bits per heavy atom. The van der Waals surface area contributed by atoms with Crippen LogP contribution in [0.5, 0.6) is 5.75 Å². The number of aryl methyl sites for hydroxylation is 2. The van der Waals surface area contributed by atoms with Gasteiger partial charge in [0.05, 0.1) is 24.4 Å². The van der Waals surface area contributed by atoms with Gasteiger partial charge in [-0.05, 0) is 67.1 Å². The minimum absolute atomic E-state index is 0.122. The highest BCUT2D eigenvalue weighted by molar-refractivity contribution is 5.81. The van der Waals surface area contributed by atoms with Crippen LogP contribution in [0.4, 0.5) is 0 Å². The van der Waals surface area contributed by atoms with Gasteiger partial charge >= 0.3 is 5.76 Å². The topological polar surface area (TPSA) is 123 Å². The van der Waals surface area contributed by atoms with Crippen molar-refractivity contribution in [3.05, 3.63) is 111 Å². The van der Waals surface area contributed by atoms with Crippen LogP contribution in [0.1, 0.15) is 51.2 Å². The van der Waals surface area contributed by atoms with Crippen molar-refractivity contribution in [2.75, 3.05) is 6.61 Å². The molecule has 0 fully saturated rings. The summed E-state index contributed by atoms with van der Waals surface area (Å²) in [6.07, 6.45) is 2.09. The Labute approximate surface area is 249 Å². The van der Waals surface area contributed by atoms with Gasteiger partial charge in [-0.25, -0.2) is 9.78 Å². The third-order valence-corrected chi connectivity index (χ3v) is 7.25. The van der Waals surface area contributed by atoms with Crippen LogP contribution in [-0.2, 0) is 19.4 Å². The van der Waals surface area contributed by atoms with Crippen LogP contribution in [0.3, 0.4) is 0 Å². The van der Waals surface area contributed by atoms with E-state index in [1.54, 1.807) is 4.57 Å². The van der Waals surface area contributed by atoms with Crippen molar-refractivity contribution >= 4 is 0 Å². The van der Waals surface area contributed by atoms with Gasteiger partial charge in [-0.3, -0.25) is 18.9 Å². The molecule has 5 rings (SSSR count). The standard InChI is InChI=1S/C34H36N4O5/c1-5-10-29-35-28(6-2)30(24-14-16-25(17-15-24)42-34(3,4)21-39)32(40)38(29)20-22-13-18-26(23-11-8-7-9-12-23)27(19-22)31-36-33(41)43-37-31/h7-9,11-19,39H,5-6,10,20-21H2,1-4H3,(H,36,37,41). The lowest BCUT2D eigenvalue weighted by Crippen LogP contribution is -2.32. The number of hydrogen-bond donors (Lipinski definition) is 2. The first-order valence-corrected chi connectivity index (χ1v) is 14.5. The molecule has 0 aliphatic heterocycles. The number of aromatic amines is 1. The molecule has 2 heterocycles. The number of benzene rings is 3. The normalized spacial score (nSPS) is 11.6. The zero-order valence-electron chi connectivity index (χ0n) is 24.9. The van der Waals surface area contributed by atoms with Crippen LogP contribution < -0.4 is 16.1 Å². The summed E-state index contributed by atoms with van der Waals surface area (Å²) in [6.45, 7) is 7.85. The van der Waals surface area contributed by atoms with Crippen LogP contribution in [0.2, 0.25) is 0 Å². The second kappa shape index (κ2) is 12.6. The Morgan fingerprint density at radius 1 is 0.953 bits per heavy atom. The molecule has 9 heteroatoms. The number of nitrogens with zero attached hydrogens (tertiary/aromatic N) is 3. The molecule has 0 radical (unpaired) electrons. The van der Waals surface area contributed by atoms with E-state index in [2.05, 4.69) is 17.1 Å². The molecule has 0 saturated carbocycles. The van der Waals surface area contributed by atoms with Gasteiger partial charge in [0, 0.05) is 12.0 Å². The van der Waals surface area contributed by atoms with E-state index in [4.69, 9.17) is 14.2 Å². The lowest BCUT2D eigenvalue weighted by Gasteiger charge is -2.24. The lowest BCUT2D eigenvalue weighted by atomic mass is 9.97. The maximum atomic E-state index is 14.2. The van der Waals surface area contributed by atoms with E-state index >= 15 is 0 Å². The smallest absolute Gasteiger partial charge is 0.439 e. The van der Waals surface area contributed by atoms with E-state index < -0.39 is 11.4 Å². The maximum absolute atomic E-state index is 14.2. The van der Waals surface area contributed by atoms with Crippen LogP contribution in [-0.4, -0.2) is 37.0 Å². The van der Waals surface area contributed by atoms with E-state index in [1.165, 1.54) is 0 Å². The molecule has 0 atom stereocenters. The summed E-state index contributed by atoms with van der Waals surface area (Å²) in [6, 6.07) is 23.0. The zero-order valence-corrected chi connectivity index (χ0v) is 24.9. The van der Waals surface area contributed by atoms with E-state index in [1.807, 2.05) is 93.6 Å². The first kappa shape index (κ1) is 29.7. The average molecular weight is 581 g/mol. The minimum Gasteiger partial charge on any atom is -0.485 e. The molecule has 0 amide bonds. The zero-order chi connectivity index (χ0) is 30.6. The number of aliphatic hydroxyl groups excluding tert-OH is 1. The molecule has 0 aliphatic rings. The Hall–Kier alpha value is -4.76. The highest BCUT2D eigenvalue weighted by atomic mass is 16.5. The molecule has 5 aromatic rings. The predicted octanol–water partition coefficient (Wildman–Crippen LogP) is 5.63. The fraction of sp³-hybridized carbons (Fsp3) is 0.294. The number of rotatable bonds is 11. The fourth-order valence-corrected chi connectivity index (χ4v) is 5.10. The molecular weight excluding hydrogens is 544 g/mol. The molecule has 3 aromatic carbocycles. The van der Waals surface area contributed by atoms with Crippen molar-refractivity contribution in [1.29, 1.82) is 0 Å². The largest absolute Gasteiger partial charge is 0.485 e. The molecule has 0 saturated heterocycles. The second-order valence-electron chi connectivity index (χ2n) is 11.1. The average Bonchev–Trinajstić information content (AvgIpc) is 3.45. The highest BCUT2D eigenvalue weighted by Crippen LogP contribution is 2.31. The SMILES string of the molecule is CCCc1nc(CC)c(-c2ccc(OC(C)(C)CO)cc2)c(=O)n1Cc1ccc(-c2ccccc2)c(-c2noc(=O)[nH]2)c1. The summed E-state index contributed by atoms with van der Waals surface area (Å²) in [5.74, 6) is 1.01. The van der Waals surface area contributed by atoms with Crippen molar-refractivity contribution in [3.8, 4) is 39.4 Å². The van der Waals surface area contributed by atoms with E-state index in [-0.39, 0.29) is 18.7 Å². The van der Waals surface area contributed by atoms with Gasteiger partial charge in [0.15, 0.2) is 5.82 Å². The molecule has 222 valence electrons. The van der Waals surface area contributed by atoms with Gasteiger partial charge < -0.3 is 9.84 Å². The Bertz CT molecular complexity index is 1820. The molecule has 9 nitrogen and oxygen atoms in total. The number of aromatic nitrogens is 4. The van der Waals surface area contributed by atoms with Crippen LogP contribution in [0, 0.1) is 0 Å². The number of ether oxygens (including phenoxy) is 1.